The van der Waals surface area contributed by atoms with Crippen LogP contribution < -0.4 is 31.9 Å². The average Bonchev–Trinajstić information content (AvgIpc) is 3.27. The monoisotopic (exact) mass is 954 g/mol. The van der Waals surface area contributed by atoms with Gasteiger partial charge in [0.05, 0.1) is 43.5 Å². The number of aliphatic hydroxyl groups excluding tert-OH is 4. The summed E-state index contributed by atoms with van der Waals surface area (Å²) >= 11 is 12.3. The molecule has 4 aromatic rings. The van der Waals surface area contributed by atoms with Gasteiger partial charge >= 0.3 is 0 Å². The molecule has 2 unspecified atom stereocenters. The molecule has 24 heteroatoms. The summed E-state index contributed by atoms with van der Waals surface area (Å²) in [7, 11) is 0. The Labute approximate surface area is 385 Å². The molecule has 0 saturated heterocycles. The third-order valence-corrected chi connectivity index (χ3v) is 10.3. The largest absolute Gasteiger partial charge is 0.391 e. The van der Waals surface area contributed by atoms with Crippen molar-refractivity contribution in [3.63, 3.8) is 0 Å². The molecule has 10 N–H and O–H groups in total. The van der Waals surface area contributed by atoms with Crippen LogP contribution in [0.4, 0.5) is 22.7 Å². The average molecular weight is 956 g/mol. The van der Waals surface area contributed by atoms with Crippen LogP contribution in [-0.2, 0) is 41.6 Å². The molecule has 0 spiro atoms. The maximum Gasteiger partial charge on any atom is 0.271 e. The molecule has 0 bridgehead atoms. The number of hydrogen-bond acceptors (Lipinski definition) is 14. The number of nitro benzene ring substituents is 2. The minimum Gasteiger partial charge on any atom is -0.391 e. The van der Waals surface area contributed by atoms with Crippen molar-refractivity contribution in [2.45, 2.75) is 75.3 Å². The molecule has 0 radical (unpaired) electrons. The van der Waals surface area contributed by atoms with Gasteiger partial charge < -0.3 is 52.3 Å². The van der Waals surface area contributed by atoms with Crippen LogP contribution >= 0.6 is 23.2 Å². The minimum absolute atomic E-state index is 0.0480. The first kappa shape index (κ1) is 51.6. The molecule has 0 heterocycles. The maximum absolute atomic E-state index is 13.6. The minimum atomic E-state index is -2.67. The predicted octanol–water partition coefficient (Wildman–Crippen LogP) is 1.30. The second-order valence-corrected chi connectivity index (χ2v) is 15.5. The maximum atomic E-state index is 13.6. The third-order valence-electron chi connectivity index (χ3n) is 9.64. The number of nitro groups is 2. The van der Waals surface area contributed by atoms with Crippen molar-refractivity contribution in [1.29, 1.82) is 0 Å². The Morgan fingerprint density at radius 3 is 1.14 bits per heavy atom. The van der Waals surface area contributed by atoms with Crippen LogP contribution in [0.15, 0.2) is 97.1 Å². The number of carbonyl (C=O) groups is 6. The lowest BCUT2D eigenvalue weighted by Gasteiger charge is -2.27. The SMILES string of the molecule is CC(O)[C@H](NC(=O)[C@H](O)[C@@H](O)C(=O)N[C@H](C(=O)N[C@H](Cc1ccccc1)C(=O)Nc1ccc([N+](=O)[O-])cc1Cl)C(C)O)C(=O)N[C@@H](Cc1ccccc1)C(=O)Nc1ccc([N+](=O)[O-])cc1Cl. The topological polar surface area (TPSA) is 342 Å². The van der Waals surface area contributed by atoms with Crippen LogP contribution in [0.1, 0.15) is 25.0 Å². The van der Waals surface area contributed by atoms with Gasteiger partial charge in [-0.3, -0.25) is 49.0 Å². The molecule has 22 nitrogen and oxygen atoms in total. The highest BCUT2D eigenvalue weighted by molar-refractivity contribution is 6.34. The number of amides is 6. The van der Waals surface area contributed by atoms with E-state index in [1.54, 1.807) is 60.7 Å². The van der Waals surface area contributed by atoms with E-state index in [0.717, 1.165) is 38.1 Å². The summed E-state index contributed by atoms with van der Waals surface area (Å²) in [6, 6.07) is 16.3. The van der Waals surface area contributed by atoms with E-state index in [1.165, 1.54) is 12.1 Å². The van der Waals surface area contributed by atoms with E-state index in [1.807, 2.05) is 10.6 Å². The summed E-state index contributed by atoms with van der Waals surface area (Å²) in [5.41, 5.74) is 0.269. The number of aliphatic hydroxyl groups is 4. The third kappa shape index (κ3) is 14.5. The van der Waals surface area contributed by atoms with Crippen molar-refractivity contribution in [3.8, 4) is 0 Å². The molecule has 4 rings (SSSR count). The first-order valence-electron chi connectivity index (χ1n) is 19.7. The standard InChI is InChI=1S/C42H44Cl2N8O14/c1-21(53)33(39(59)47-31(17-23-9-5-3-6-10-23)37(57)45-29-15-13-25(51(63)64)19-27(29)43)49-41(61)35(55)36(56)42(62)50-34(22(2)54)40(60)48-32(18-24-11-7-4-8-12-24)38(58)46-30-16-14-26(52(65)66)20-28(30)44/h3-16,19-22,31-36,53-56H,17-18H2,1-2H3,(H,45,57)(H,46,58)(H,47,59)(H,48,60)(H,49,61)(H,50,62)/t21?,22?,31-,32+,33-,34-,35+,36+/m0/s1. The number of halogens is 2. The summed E-state index contributed by atoms with van der Waals surface area (Å²) in [4.78, 5) is 101. The van der Waals surface area contributed by atoms with Gasteiger partial charge in [0.2, 0.25) is 23.6 Å². The van der Waals surface area contributed by atoms with Gasteiger partial charge in [0.25, 0.3) is 23.2 Å². The Hall–Kier alpha value is -7.08. The van der Waals surface area contributed by atoms with Gasteiger partial charge in [0.1, 0.15) is 24.2 Å². The Bertz CT molecular complexity index is 2260. The Morgan fingerprint density at radius 1 is 0.515 bits per heavy atom. The van der Waals surface area contributed by atoms with Gasteiger partial charge in [-0.1, -0.05) is 83.9 Å². The van der Waals surface area contributed by atoms with E-state index in [9.17, 15) is 69.4 Å². The first-order valence-corrected chi connectivity index (χ1v) is 20.4. The molecular formula is C42H44Cl2N8O14. The number of non-ortho nitro benzene ring substituents is 2. The predicted molar refractivity (Wildman–Crippen MR) is 237 cm³/mol. The van der Waals surface area contributed by atoms with Crippen molar-refractivity contribution in [2.75, 3.05) is 10.6 Å². The van der Waals surface area contributed by atoms with E-state index < -0.39 is 93.9 Å². The number of carbonyl (C=O) groups excluding carboxylic acids is 6. The summed E-state index contributed by atoms with van der Waals surface area (Å²) in [6.45, 7) is 2.14. The summed E-state index contributed by atoms with van der Waals surface area (Å²) in [6.07, 6.45) is -9.11. The Morgan fingerprint density at radius 2 is 0.848 bits per heavy atom. The molecule has 0 aromatic heterocycles. The quantitative estimate of drug-likeness (QED) is 0.0416. The van der Waals surface area contributed by atoms with Gasteiger partial charge in [0, 0.05) is 37.1 Å². The highest BCUT2D eigenvalue weighted by atomic mass is 35.5. The molecule has 6 amide bonds. The molecule has 0 aliphatic heterocycles. The van der Waals surface area contributed by atoms with Gasteiger partial charge in [-0.25, -0.2) is 0 Å². The highest BCUT2D eigenvalue weighted by Crippen LogP contribution is 2.28. The fourth-order valence-corrected chi connectivity index (χ4v) is 6.54. The van der Waals surface area contributed by atoms with E-state index in [0.29, 0.717) is 11.1 Å². The van der Waals surface area contributed by atoms with Gasteiger partial charge in [-0.2, -0.15) is 0 Å². The molecule has 8 atom stereocenters. The van der Waals surface area contributed by atoms with Crippen molar-refractivity contribution in [1.82, 2.24) is 21.3 Å². The summed E-state index contributed by atoms with van der Waals surface area (Å²) < 4.78 is 0. The second kappa shape index (κ2) is 23.7. The molecular weight excluding hydrogens is 911 g/mol. The molecule has 4 aromatic carbocycles. The van der Waals surface area contributed by atoms with Gasteiger partial charge in [0.15, 0.2) is 12.2 Å². The number of anilines is 2. The summed E-state index contributed by atoms with van der Waals surface area (Å²) in [5.74, 6) is -7.25. The van der Waals surface area contributed by atoms with Crippen molar-refractivity contribution < 1.29 is 59.0 Å². The molecule has 66 heavy (non-hydrogen) atoms. The number of nitrogens with one attached hydrogen (secondary N) is 6. The number of benzene rings is 4. The Balaban J connectivity index is 1.46. The highest BCUT2D eigenvalue weighted by Gasteiger charge is 2.38. The Kier molecular flexibility index (Phi) is 18.5. The lowest BCUT2D eigenvalue weighted by atomic mass is 10.0. The summed E-state index contributed by atoms with van der Waals surface area (Å²) in [5, 5.41) is 78.1. The number of hydrogen-bond donors (Lipinski definition) is 10. The van der Waals surface area contributed by atoms with E-state index in [2.05, 4.69) is 21.3 Å². The van der Waals surface area contributed by atoms with Crippen molar-refractivity contribution in [2.24, 2.45) is 0 Å². The second-order valence-electron chi connectivity index (χ2n) is 14.7. The van der Waals surface area contributed by atoms with Crippen LogP contribution in [0, 0.1) is 20.2 Å². The van der Waals surface area contributed by atoms with Crippen molar-refractivity contribution >= 4 is 81.4 Å². The fourth-order valence-electron chi connectivity index (χ4n) is 6.09. The van der Waals surface area contributed by atoms with Crippen LogP contribution in [-0.4, -0.2) is 114 Å². The van der Waals surface area contributed by atoms with Crippen LogP contribution in [0.5, 0.6) is 0 Å². The van der Waals surface area contributed by atoms with Crippen LogP contribution in [0.25, 0.3) is 0 Å². The fraction of sp³-hybridized carbons (Fsp3) is 0.286. The molecule has 0 aliphatic rings. The van der Waals surface area contributed by atoms with E-state index >= 15 is 0 Å². The zero-order chi connectivity index (χ0) is 48.8. The normalized spacial score (nSPS) is 14.6. The van der Waals surface area contributed by atoms with E-state index in [-0.39, 0.29) is 45.6 Å². The van der Waals surface area contributed by atoms with E-state index in [4.69, 9.17) is 23.2 Å². The van der Waals surface area contributed by atoms with Gasteiger partial charge in [-0.15, -0.1) is 0 Å². The number of nitrogens with zero attached hydrogens (tertiary/aromatic N) is 2. The smallest absolute Gasteiger partial charge is 0.271 e. The van der Waals surface area contributed by atoms with Crippen LogP contribution in [0.3, 0.4) is 0 Å². The van der Waals surface area contributed by atoms with Gasteiger partial charge in [-0.05, 0) is 37.1 Å². The number of rotatable bonds is 21. The zero-order valence-corrected chi connectivity index (χ0v) is 36.3. The first-order chi connectivity index (χ1) is 31.2. The molecule has 0 saturated carbocycles. The lowest BCUT2D eigenvalue weighted by molar-refractivity contribution is -0.385. The molecule has 0 aliphatic carbocycles. The molecule has 0 fully saturated rings. The molecule has 350 valence electrons. The van der Waals surface area contributed by atoms with Crippen molar-refractivity contribution in [3.05, 3.63) is 138 Å². The van der Waals surface area contributed by atoms with Crippen LogP contribution in [0.2, 0.25) is 10.0 Å². The lowest BCUT2D eigenvalue weighted by Crippen LogP contribution is -2.61. The zero-order valence-electron chi connectivity index (χ0n) is 34.8.